The molecule has 4 heteroatoms. The van der Waals surface area contributed by atoms with Crippen LogP contribution in [0.3, 0.4) is 0 Å². The van der Waals surface area contributed by atoms with E-state index in [-0.39, 0.29) is 11.3 Å². The number of nitrogens with one attached hydrogen (secondary N) is 2. The van der Waals surface area contributed by atoms with Gasteiger partial charge in [0.05, 0.1) is 5.41 Å². The number of carbonyl (C=O) groups is 1. The summed E-state index contributed by atoms with van der Waals surface area (Å²) < 4.78 is 0. The molecule has 90 valence electrons. The lowest BCUT2D eigenvalue weighted by Crippen LogP contribution is -2.43. The number of amides is 1. The van der Waals surface area contributed by atoms with Crippen molar-refractivity contribution in [1.29, 1.82) is 0 Å². The lowest BCUT2D eigenvalue weighted by Gasteiger charge is -2.23. The van der Waals surface area contributed by atoms with Crippen LogP contribution in [0.15, 0.2) is 17.5 Å². The van der Waals surface area contributed by atoms with Gasteiger partial charge < -0.3 is 10.6 Å². The minimum absolute atomic E-state index is 0.105. The molecule has 0 aliphatic heterocycles. The van der Waals surface area contributed by atoms with Gasteiger partial charge in [-0.3, -0.25) is 4.79 Å². The quantitative estimate of drug-likeness (QED) is 0.798. The third kappa shape index (κ3) is 3.94. The summed E-state index contributed by atoms with van der Waals surface area (Å²) in [5.74, 6) is 0.105. The summed E-state index contributed by atoms with van der Waals surface area (Å²) in [6.45, 7) is 8.07. The van der Waals surface area contributed by atoms with Crippen LogP contribution >= 0.6 is 11.3 Å². The van der Waals surface area contributed by atoms with Crippen LogP contribution in [0, 0.1) is 5.41 Å². The van der Waals surface area contributed by atoms with E-state index in [0.717, 1.165) is 6.54 Å². The minimum Gasteiger partial charge on any atom is -0.356 e. The van der Waals surface area contributed by atoms with Crippen LogP contribution < -0.4 is 10.6 Å². The van der Waals surface area contributed by atoms with E-state index >= 15 is 0 Å². The fourth-order valence-corrected chi connectivity index (χ4v) is 2.07. The Bertz CT molecular complexity index is 320. The van der Waals surface area contributed by atoms with Gasteiger partial charge in [-0.25, -0.2) is 0 Å². The molecule has 0 fully saturated rings. The van der Waals surface area contributed by atoms with Crippen LogP contribution in [0.4, 0.5) is 0 Å². The molecule has 0 saturated heterocycles. The molecule has 0 radical (unpaired) electrons. The van der Waals surface area contributed by atoms with Crippen LogP contribution in [0.2, 0.25) is 0 Å². The summed E-state index contributed by atoms with van der Waals surface area (Å²) in [5.41, 5.74) is -0.354. The second kappa shape index (κ2) is 6.01. The van der Waals surface area contributed by atoms with Gasteiger partial charge in [0.1, 0.15) is 0 Å². The summed E-state index contributed by atoms with van der Waals surface area (Å²) in [6, 6.07) is 4.13. The second-order valence-corrected chi connectivity index (χ2v) is 5.46. The zero-order valence-corrected chi connectivity index (χ0v) is 11.0. The van der Waals surface area contributed by atoms with Crippen molar-refractivity contribution in [3.8, 4) is 0 Å². The van der Waals surface area contributed by atoms with Crippen LogP contribution in [-0.2, 0) is 11.3 Å². The molecule has 1 rings (SSSR count). The van der Waals surface area contributed by atoms with Crippen LogP contribution in [0.25, 0.3) is 0 Å². The van der Waals surface area contributed by atoms with Gasteiger partial charge in [-0.05, 0) is 32.2 Å². The summed E-state index contributed by atoms with van der Waals surface area (Å²) >= 11 is 1.73. The van der Waals surface area contributed by atoms with Gasteiger partial charge >= 0.3 is 0 Å². The molecule has 0 aliphatic rings. The maximum absolute atomic E-state index is 11.7. The highest BCUT2D eigenvalue weighted by molar-refractivity contribution is 7.09. The molecule has 1 aromatic rings. The molecule has 16 heavy (non-hydrogen) atoms. The molecule has 0 aromatic carbocycles. The Hall–Kier alpha value is -0.870. The zero-order chi connectivity index (χ0) is 12.0. The summed E-state index contributed by atoms with van der Waals surface area (Å²) in [4.78, 5) is 13.0. The van der Waals surface area contributed by atoms with Gasteiger partial charge in [-0.1, -0.05) is 6.07 Å². The van der Waals surface area contributed by atoms with E-state index in [0.29, 0.717) is 13.1 Å². The van der Waals surface area contributed by atoms with E-state index in [1.54, 1.807) is 11.3 Å². The topological polar surface area (TPSA) is 41.1 Å². The van der Waals surface area contributed by atoms with Gasteiger partial charge in [0.15, 0.2) is 0 Å². The summed E-state index contributed by atoms with van der Waals surface area (Å²) in [7, 11) is 0. The monoisotopic (exact) mass is 240 g/mol. The molecular weight excluding hydrogens is 220 g/mol. The molecule has 0 aliphatic carbocycles. The largest absolute Gasteiger partial charge is 0.356 e. The zero-order valence-electron chi connectivity index (χ0n) is 10.2. The van der Waals surface area contributed by atoms with Crippen LogP contribution in [0.1, 0.15) is 25.6 Å². The number of hydrogen-bond acceptors (Lipinski definition) is 3. The number of rotatable bonds is 6. The predicted molar refractivity (Wildman–Crippen MR) is 68.5 cm³/mol. The Labute approximate surface area is 101 Å². The highest BCUT2D eigenvalue weighted by Crippen LogP contribution is 2.14. The molecule has 0 unspecified atom stereocenters. The van der Waals surface area contributed by atoms with Crippen LogP contribution in [-0.4, -0.2) is 19.0 Å². The van der Waals surface area contributed by atoms with Crippen molar-refractivity contribution in [2.24, 2.45) is 5.41 Å². The number of carbonyl (C=O) groups excluding carboxylic acids is 1. The SMILES string of the molecule is CCNC(=O)C(C)(C)CNCc1cccs1. The fraction of sp³-hybridized carbons (Fsp3) is 0.583. The van der Waals surface area contributed by atoms with E-state index in [2.05, 4.69) is 22.1 Å². The average Bonchev–Trinajstić information content (AvgIpc) is 2.70. The normalized spacial score (nSPS) is 11.4. The Morgan fingerprint density at radius 1 is 1.50 bits per heavy atom. The van der Waals surface area contributed by atoms with Gasteiger partial charge in [-0.15, -0.1) is 11.3 Å². The highest BCUT2D eigenvalue weighted by Gasteiger charge is 2.26. The van der Waals surface area contributed by atoms with Crippen molar-refractivity contribution < 1.29 is 4.79 Å². The number of hydrogen-bond donors (Lipinski definition) is 2. The molecule has 0 atom stereocenters. The predicted octanol–water partition coefficient (Wildman–Crippen LogP) is 2.00. The van der Waals surface area contributed by atoms with E-state index < -0.39 is 0 Å². The van der Waals surface area contributed by atoms with Crippen molar-refractivity contribution in [3.05, 3.63) is 22.4 Å². The van der Waals surface area contributed by atoms with Crippen molar-refractivity contribution in [2.75, 3.05) is 13.1 Å². The van der Waals surface area contributed by atoms with E-state index in [1.807, 2.05) is 26.8 Å². The Morgan fingerprint density at radius 3 is 2.81 bits per heavy atom. The molecule has 1 aromatic heterocycles. The molecule has 0 saturated carbocycles. The van der Waals surface area contributed by atoms with Crippen molar-refractivity contribution >= 4 is 17.2 Å². The molecule has 2 N–H and O–H groups in total. The first kappa shape index (κ1) is 13.2. The molecular formula is C12H20N2OS. The van der Waals surface area contributed by atoms with Gasteiger partial charge in [0.25, 0.3) is 0 Å². The van der Waals surface area contributed by atoms with E-state index in [1.165, 1.54) is 4.88 Å². The third-order valence-corrected chi connectivity index (χ3v) is 3.27. The van der Waals surface area contributed by atoms with Crippen LogP contribution in [0.5, 0.6) is 0 Å². The molecule has 1 heterocycles. The minimum atomic E-state index is -0.354. The first-order valence-corrected chi connectivity index (χ1v) is 6.45. The standard InChI is InChI=1S/C12H20N2OS/c1-4-14-11(15)12(2,3)9-13-8-10-6-5-7-16-10/h5-7,13H,4,8-9H2,1-3H3,(H,14,15). The Kier molecular flexibility index (Phi) is 4.96. The first-order valence-electron chi connectivity index (χ1n) is 5.57. The molecule has 1 amide bonds. The molecule has 3 nitrogen and oxygen atoms in total. The second-order valence-electron chi connectivity index (χ2n) is 4.43. The summed E-state index contributed by atoms with van der Waals surface area (Å²) in [6.07, 6.45) is 0. The van der Waals surface area contributed by atoms with E-state index in [4.69, 9.17) is 0 Å². The third-order valence-electron chi connectivity index (χ3n) is 2.40. The Morgan fingerprint density at radius 2 is 2.25 bits per heavy atom. The fourth-order valence-electron chi connectivity index (χ4n) is 1.39. The highest BCUT2D eigenvalue weighted by atomic mass is 32.1. The smallest absolute Gasteiger partial charge is 0.226 e. The maximum Gasteiger partial charge on any atom is 0.226 e. The maximum atomic E-state index is 11.7. The van der Waals surface area contributed by atoms with Crippen molar-refractivity contribution in [2.45, 2.75) is 27.3 Å². The molecule has 0 bridgehead atoms. The average molecular weight is 240 g/mol. The van der Waals surface area contributed by atoms with E-state index in [9.17, 15) is 4.79 Å². The van der Waals surface area contributed by atoms with Gasteiger partial charge in [-0.2, -0.15) is 0 Å². The first-order chi connectivity index (χ1) is 7.56. The lowest BCUT2D eigenvalue weighted by atomic mass is 9.92. The lowest BCUT2D eigenvalue weighted by molar-refractivity contribution is -0.129. The Balaban J connectivity index is 2.33. The van der Waals surface area contributed by atoms with Crippen molar-refractivity contribution in [3.63, 3.8) is 0 Å². The van der Waals surface area contributed by atoms with Crippen molar-refractivity contribution in [1.82, 2.24) is 10.6 Å². The van der Waals surface area contributed by atoms with Gasteiger partial charge in [0, 0.05) is 24.5 Å². The molecule has 0 spiro atoms. The summed E-state index contributed by atoms with van der Waals surface area (Å²) in [5, 5.41) is 8.23. The van der Waals surface area contributed by atoms with Gasteiger partial charge in [0.2, 0.25) is 5.91 Å². The number of thiophene rings is 1.